The molecule has 0 saturated carbocycles. The Balaban J connectivity index is 2.31. The van der Waals surface area contributed by atoms with E-state index in [9.17, 15) is 0 Å². The van der Waals surface area contributed by atoms with E-state index in [1.165, 1.54) is 17.5 Å². The first-order chi connectivity index (χ1) is 8.61. The van der Waals surface area contributed by atoms with Crippen molar-refractivity contribution in [2.24, 2.45) is 5.84 Å². The highest BCUT2D eigenvalue weighted by molar-refractivity contribution is 5.64. The summed E-state index contributed by atoms with van der Waals surface area (Å²) in [4.78, 5) is 8.26. The fourth-order valence-corrected chi connectivity index (χ4v) is 1.68. The van der Waals surface area contributed by atoms with Gasteiger partial charge in [0.1, 0.15) is 18.0 Å². The van der Waals surface area contributed by atoms with Gasteiger partial charge in [0.2, 0.25) is 0 Å². The van der Waals surface area contributed by atoms with Gasteiger partial charge < -0.3 is 10.7 Å². The van der Waals surface area contributed by atoms with E-state index in [0.717, 1.165) is 17.1 Å². The molecule has 0 unspecified atom stereocenters. The third-order valence-electron chi connectivity index (χ3n) is 2.99. The van der Waals surface area contributed by atoms with Crippen molar-refractivity contribution >= 4 is 17.3 Å². The number of anilines is 3. The molecule has 0 radical (unpaired) electrons. The maximum atomic E-state index is 5.39. The molecule has 4 N–H and O–H groups in total. The van der Waals surface area contributed by atoms with E-state index in [1.807, 2.05) is 13.0 Å². The Labute approximate surface area is 106 Å². The maximum absolute atomic E-state index is 5.39. The largest absolute Gasteiger partial charge is 0.340 e. The van der Waals surface area contributed by atoms with Gasteiger partial charge in [-0.15, -0.1) is 0 Å². The van der Waals surface area contributed by atoms with Crippen molar-refractivity contribution in [3.8, 4) is 0 Å². The first-order valence-electron chi connectivity index (χ1n) is 5.74. The van der Waals surface area contributed by atoms with Crippen molar-refractivity contribution in [1.82, 2.24) is 9.97 Å². The van der Waals surface area contributed by atoms with Crippen LogP contribution < -0.4 is 16.6 Å². The van der Waals surface area contributed by atoms with Crippen LogP contribution in [-0.4, -0.2) is 9.97 Å². The summed E-state index contributed by atoms with van der Waals surface area (Å²) in [6.07, 6.45) is 1.48. The van der Waals surface area contributed by atoms with Gasteiger partial charge in [-0.05, 0) is 44.0 Å². The minimum absolute atomic E-state index is 0.622. The molecule has 0 aliphatic rings. The van der Waals surface area contributed by atoms with Crippen LogP contribution in [0.4, 0.5) is 17.3 Å². The average molecular weight is 243 g/mol. The number of rotatable bonds is 3. The van der Waals surface area contributed by atoms with E-state index < -0.39 is 0 Å². The number of hydrogen-bond acceptors (Lipinski definition) is 5. The fourth-order valence-electron chi connectivity index (χ4n) is 1.68. The van der Waals surface area contributed by atoms with E-state index in [2.05, 4.69) is 46.7 Å². The van der Waals surface area contributed by atoms with Crippen LogP contribution in [0.3, 0.4) is 0 Å². The molecule has 18 heavy (non-hydrogen) atoms. The molecule has 0 bridgehead atoms. The Kier molecular flexibility index (Phi) is 3.43. The van der Waals surface area contributed by atoms with Crippen LogP contribution in [0.2, 0.25) is 0 Å². The van der Waals surface area contributed by atoms with E-state index >= 15 is 0 Å². The topological polar surface area (TPSA) is 75.9 Å². The van der Waals surface area contributed by atoms with Crippen molar-refractivity contribution in [2.75, 3.05) is 10.7 Å². The van der Waals surface area contributed by atoms with Gasteiger partial charge in [-0.2, -0.15) is 0 Å². The molecular weight excluding hydrogens is 226 g/mol. The molecule has 94 valence electrons. The van der Waals surface area contributed by atoms with Gasteiger partial charge >= 0.3 is 0 Å². The van der Waals surface area contributed by atoms with Crippen LogP contribution in [0.25, 0.3) is 0 Å². The van der Waals surface area contributed by atoms with E-state index in [1.54, 1.807) is 0 Å². The number of nitrogens with one attached hydrogen (secondary N) is 2. The van der Waals surface area contributed by atoms with Gasteiger partial charge in [0.25, 0.3) is 0 Å². The van der Waals surface area contributed by atoms with Crippen molar-refractivity contribution in [1.29, 1.82) is 0 Å². The van der Waals surface area contributed by atoms with E-state index in [0.29, 0.717) is 5.82 Å². The molecule has 5 nitrogen and oxygen atoms in total. The lowest BCUT2D eigenvalue weighted by Gasteiger charge is -2.12. The molecule has 0 saturated heterocycles. The minimum atomic E-state index is 0.622. The number of hydrazine groups is 1. The molecule has 0 aliphatic heterocycles. The summed E-state index contributed by atoms with van der Waals surface area (Å²) in [5.74, 6) is 6.76. The second-order valence-electron chi connectivity index (χ2n) is 4.26. The fraction of sp³-hybridized carbons (Fsp3) is 0.231. The third-order valence-corrected chi connectivity index (χ3v) is 2.99. The number of hydrogen-bond donors (Lipinski definition) is 3. The maximum Gasteiger partial charge on any atom is 0.148 e. The second-order valence-corrected chi connectivity index (χ2v) is 4.26. The van der Waals surface area contributed by atoms with Crippen LogP contribution in [0.5, 0.6) is 0 Å². The number of aromatic nitrogens is 2. The SMILES string of the molecule is Cc1ccc(Nc2ncnc(NN)c2C)cc1C. The molecule has 1 aromatic heterocycles. The van der Waals surface area contributed by atoms with E-state index in [4.69, 9.17) is 5.84 Å². The van der Waals surface area contributed by atoms with Gasteiger partial charge in [0, 0.05) is 11.3 Å². The lowest BCUT2D eigenvalue weighted by molar-refractivity contribution is 1.10. The van der Waals surface area contributed by atoms with Crippen LogP contribution in [0.15, 0.2) is 24.5 Å². The number of benzene rings is 1. The van der Waals surface area contributed by atoms with Crippen molar-refractivity contribution < 1.29 is 0 Å². The number of nitrogens with two attached hydrogens (primary N) is 1. The monoisotopic (exact) mass is 243 g/mol. The van der Waals surface area contributed by atoms with Gasteiger partial charge in [-0.3, -0.25) is 0 Å². The zero-order valence-corrected chi connectivity index (χ0v) is 10.8. The highest BCUT2D eigenvalue weighted by atomic mass is 15.3. The number of nitrogens with zero attached hydrogens (tertiary/aromatic N) is 2. The summed E-state index contributed by atoms with van der Waals surface area (Å²) in [6, 6.07) is 6.20. The Morgan fingerprint density at radius 3 is 2.39 bits per heavy atom. The van der Waals surface area contributed by atoms with Crippen molar-refractivity contribution in [2.45, 2.75) is 20.8 Å². The Morgan fingerprint density at radius 1 is 1.00 bits per heavy atom. The lowest BCUT2D eigenvalue weighted by Crippen LogP contribution is -2.11. The van der Waals surface area contributed by atoms with Crippen molar-refractivity contribution in [3.63, 3.8) is 0 Å². The summed E-state index contributed by atoms with van der Waals surface area (Å²) < 4.78 is 0. The smallest absolute Gasteiger partial charge is 0.148 e. The summed E-state index contributed by atoms with van der Waals surface area (Å²) in [5, 5.41) is 3.27. The second kappa shape index (κ2) is 5.01. The van der Waals surface area contributed by atoms with Gasteiger partial charge in [0.15, 0.2) is 0 Å². The predicted octanol–water partition coefficient (Wildman–Crippen LogP) is 2.43. The Hall–Kier alpha value is -2.14. The molecule has 2 rings (SSSR count). The van der Waals surface area contributed by atoms with Crippen LogP contribution in [-0.2, 0) is 0 Å². The Bertz CT molecular complexity index is 565. The van der Waals surface area contributed by atoms with E-state index in [-0.39, 0.29) is 0 Å². The summed E-state index contributed by atoms with van der Waals surface area (Å²) in [7, 11) is 0. The van der Waals surface area contributed by atoms with Gasteiger partial charge in [0.05, 0.1) is 0 Å². The first kappa shape index (κ1) is 12.3. The molecule has 0 aliphatic carbocycles. The quantitative estimate of drug-likeness (QED) is 0.570. The summed E-state index contributed by atoms with van der Waals surface area (Å²) >= 11 is 0. The molecule has 2 aromatic rings. The normalized spacial score (nSPS) is 10.2. The van der Waals surface area contributed by atoms with Crippen LogP contribution in [0.1, 0.15) is 16.7 Å². The lowest BCUT2D eigenvalue weighted by atomic mass is 10.1. The highest BCUT2D eigenvalue weighted by Crippen LogP contribution is 2.23. The molecule has 5 heteroatoms. The van der Waals surface area contributed by atoms with Crippen LogP contribution >= 0.6 is 0 Å². The standard InChI is InChI=1S/C13H17N5/c1-8-4-5-11(6-9(8)2)17-12-10(3)13(18-14)16-7-15-12/h4-7H,14H2,1-3H3,(H2,15,16,17,18). The summed E-state index contributed by atoms with van der Waals surface area (Å²) in [6.45, 7) is 6.09. The zero-order chi connectivity index (χ0) is 13.1. The highest BCUT2D eigenvalue weighted by Gasteiger charge is 2.06. The third kappa shape index (κ3) is 2.41. The Morgan fingerprint density at radius 2 is 1.72 bits per heavy atom. The minimum Gasteiger partial charge on any atom is -0.340 e. The van der Waals surface area contributed by atoms with Crippen molar-refractivity contribution in [3.05, 3.63) is 41.2 Å². The molecule has 1 aromatic carbocycles. The number of aryl methyl sites for hydroxylation is 2. The molecule has 0 atom stereocenters. The average Bonchev–Trinajstić information content (AvgIpc) is 2.36. The van der Waals surface area contributed by atoms with Gasteiger partial charge in [-0.1, -0.05) is 6.07 Å². The zero-order valence-electron chi connectivity index (χ0n) is 10.8. The number of nitrogen functional groups attached to an aromatic ring is 1. The molecule has 0 fully saturated rings. The summed E-state index contributed by atoms with van der Waals surface area (Å²) in [5.41, 5.74) is 6.95. The predicted molar refractivity (Wildman–Crippen MR) is 73.8 cm³/mol. The van der Waals surface area contributed by atoms with Gasteiger partial charge in [-0.25, -0.2) is 15.8 Å². The molecule has 0 amide bonds. The first-order valence-corrected chi connectivity index (χ1v) is 5.74. The molecular formula is C13H17N5. The van der Waals surface area contributed by atoms with Crippen LogP contribution in [0, 0.1) is 20.8 Å². The molecule has 1 heterocycles. The molecule has 0 spiro atoms.